The molecule has 18 heteroatoms. The molecule has 0 aromatic heterocycles. The zero-order chi connectivity index (χ0) is 27.9. The third-order valence-electron chi connectivity index (χ3n) is 5.47. The van der Waals surface area contributed by atoms with Crippen LogP contribution >= 0.6 is 0 Å². The Morgan fingerprint density at radius 2 is 1.43 bits per heavy atom. The fraction of sp³-hybridized carbons (Fsp3) is 0.0909. The van der Waals surface area contributed by atoms with Gasteiger partial charge in [0.15, 0.2) is 21.4 Å². The molecule has 0 fully saturated rings. The van der Waals surface area contributed by atoms with Crippen LogP contribution < -0.4 is 70.3 Å². The fourth-order valence-corrected chi connectivity index (χ4v) is 5.95. The van der Waals surface area contributed by atoms with E-state index >= 15 is 0 Å². The minimum absolute atomic E-state index is 0. The third kappa shape index (κ3) is 7.46. The van der Waals surface area contributed by atoms with Crippen LogP contribution in [0.1, 0.15) is 34.7 Å². The number of hydrogen-bond donors (Lipinski definition) is 3. The molecule has 1 aliphatic carbocycles. The molecule has 0 heterocycles. The van der Waals surface area contributed by atoms with Crippen LogP contribution in [0.15, 0.2) is 70.5 Å². The molecule has 1 aliphatic rings. The van der Waals surface area contributed by atoms with E-state index in [0.29, 0.717) is 0 Å². The van der Waals surface area contributed by atoms with Crippen LogP contribution in [0.25, 0.3) is 0 Å². The number of nitrogens with one attached hydrogen (secondary N) is 1. The van der Waals surface area contributed by atoms with Crippen molar-refractivity contribution in [3.63, 3.8) is 0 Å². The predicted octanol–water partition coefficient (Wildman–Crippen LogP) is -4.39. The summed E-state index contributed by atoms with van der Waals surface area (Å²) in [5.74, 6) is 2.90. The number of anilines is 2. The summed E-state index contributed by atoms with van der Waals surface area (Å²) >= 11 is 0. The first-order valence-electron chi connectivity index (χ1n) is 10.4. The van der Waals surface area contributed by atoms with Crippen molar-refractivity contribution in [3.05, 3.63) is 82.9 Å². The van der Waals surface area contributed by atoms with Crippen molar-refractivity contribution in [2.24, 2.45) is 5.90 Å². The quantitative estimate of drug-likeness (QED) is 0.0907. The molecule has 3 aromatic carbocycles. The summed E-state index contributed by atoms with van der Waals surface area (Å²) < 4.78 is 88.1. The summed E-state index contributed by atoms with van der Waals surface area (Å²) in [6.45, 7) is -0.846. The van der Waals surface area contributed by atoms with Gasteiger partial charge in [-0.05, 0) is 30.3 Å². The molecule has 3 aromatic rings. The van der Waals surface area contributed by atoms with Crippen molar-refractivity contribution in [2.45, 2.75) is 9.79 Å². The molecule has 0 saturated heterocycles. The number of carbonyl (C=O) groups excluding carboxylic acids is 2. The zero-order valence-electron chi connectivity index (χ0n) is 23.0. The van der Waals surface area contributed by atoms with Crippen molar-refractivity contribution in [2.75, 3.05) is 17.7 Å². The maximum absolute atomic E-state index is 13.3. The number of ketones is 2. The van der Waals surface area contributed by atoms with Gasteiger partial charge in [-0.3, -0.25) is 14.1 Å². The smallest absolute Gasteiger partial charge is 1.00 e. The molecule has 0 saturated carbocycles. The summed E-state index contributed by atoms with van der Waals surface area (Å²) in [6, 6.07) is 13.0. The maximum Gasteiger partial charge on any atom is 1.00 e. The Labute approximate surface area is 276 Å². The van der Waals surface area contributed by atoms with Gasteiger partial charge in [-0.25, -0.2) is 12.6 Å². The molecule has 0 spiro atoms. The second kappa shape index (κ2) is 13.2. The molecule has 4 N–H and O–H groups in total. The van der Waals surface area contributed by atoms with Crippen LogP contribution in [-0.4, -0.2) is 53.7 Å². The van der Waals surface area contributed by atoms with Crippen LogP contribution in [0.5, 0.6) is 0 Å². The summed E-state index contributed by atoms with van der Waals surface area (Å²) in [5, 5.41) is 2.78. The van der Waals surface area contributed by atoms with Crippen molar-refractivity contribution in [3.8, 4) is 0 Å². The molecule has 0 bridgehead atoms. The monoisotopic (exact) mass is 630 g/mol. The normalized spacial score (nSPS) is 12.9. The Bertz CT molecular complexity index is 1820. The number of rotatable bonds is 9. The van der Waals surface area contributed by atoms with E-state index in [4.69, 9.17) is 10.4 Å². The topological polar surface area (TPSA) is 213 Å². The van der Waals surface area contributed by atoms with E-state index in [-0.39, 0.29) is 100 Å². The average molecular weight is 631 g/mol. The van der Waals surface area contributed by atoms with E-state index in [1.54, 1.807) is 12.1 Å². The van der Waals surface area contributed by atoms with Gasteiger partial charge in [0.25, 0.3) is 0 Å². The molecule has 204 valence electrons. The maximum atomic E-state index is 13.3. The summed E-state index contributed by atoms with van der Waals surface area (Å²) in [4.78, 5) is 25.7. The van der Waals surface area contributed by atoms with Crippen LogP contribution in [0.3, 0.4) is 0 Å². The standard InChI is InChI=1S/C22H18N2O11S3.2Na.2H/c23-35-37(29,30)15-11-18-20(22(26)17-7-2-1-6-16(17)21(18)25)19(12-15)24-13-4-3-5-14(10-13)36(27,28)9-8-34-38(31,32)33;;;;/h1-7,10-12,24H,8-9,23H2,(H,31,32,33);;;;/q;2*+1;2*-1. The molecule has 0 aliphatic heterocycles. The Balaban J connectivity index is 0.00000420. The van der Waals surface area contributed by atoms with Gasteiger partial charge in [0.05, 0.1) is 33.4 Å². The van der Waals surface area contributed by atoms with Gasteiger partial charge < -0.3 is 8.17 Å². The van der Waals surface area contributed by atoms with Crippen molar-refractivity contribution >= 4 is 53.3 Å². The summed E-state index contributed by atoms with van der Waals surface area (Å²) in [5.41, 5.74) is -0.297. The number of nitrogens with two attached hydrogens (primary N) is 1. The molecular formula is C22H20N2Na2O11S3. The minimum atomic E-state index is -4.84. The predicted molar refractivity (Wildman–Crippen MR) is 134 cm³/mol. The Hall–Kier alpha value is -1.51. The van der Waals surface area contributed by atoms with Crippen molar-refractivity contribution in [1.29, 1.82) is 0 Å². The van der Waals surface area contributed by atoms with Gasteiger partial charge in [0, 0.05) is 22.4 Å². The summed E-state index contributed by atoms with van der Waals surface area (Å²) in [7, 11) is -13.5. The molecule has 40 heavy (non-hydrogen) atoms. The molecule has 0 atom stereocenters. The zero-order valence-corrected chi connectivity index (χ0v) is 27.5. The van der Waals surface area contributed by atoms with Crippen molar-refractivity contribution in [1.82, 2.24) is 0 Å². The first-order chi connectivity index (χ1) is 17.7. The molecule has 4 rings (SSSR count). The third-order valence-corrected chi connectivity index (χ3v) is 8.68. The largest absolute Gasteiger partial charge is 1.00 e. The van der Waals surface area contributed by atoms with E-state index < -0.39 is 59.2 Å². The van der Waals surface area contributed by atoms with Gasteiger partial charge in [0.2, 0.25) is 0 Å². The Morgan fingerprint density at radius 3 is 2.02 bits per heavy atom. The van der Waals surface area contributed by atoms with Gasteiger partial charge in [-0.15, -0.1) is 0 Å². The second-order valence-corrected chi connectivity index (χ2v) is 12.6. The van der Waals surface area contributed by atoms with Crippen LogP contribution in [0.4, 0.5) is 11.4 Å². The Kier molecular flexibility index (Phi) is 11.4. The number of carbonyl (C=O) groups is 2. The molecule has 0 amide bonds. The average Bonchev–Trinajstić information content (AvgIpc) is 2.86. The van der Waals surface area contributed by atoms with Gasteiger partial charge in [-0.1, -0.05) is 30.3 Å². The van der Waals surface area contributed by atoms with E-state index in [1.807, 2.05) is 0 Å². The van der Waals surface area contributed by atoms with Gasteiger partial charge in [0.1, 0.15) is 0 Å². The number of sulfone groups is 1. The van der Waals surface area contributed by atoms with Gasteiger partial charge >= 0.3 is 79.6 Å². The second-order valence-electron chi connectivity index (χ2n) is 7.87. The molecular weight excluding hydrogens is 610 g/mol. The minimum Gasteiger partial charge on any atom is -1.00 e. The first kappa shape index (κ1) is 34.7. The number of benzene rings is 3. The Morgan fingerprint density at radius 1 is 0.800 bits per heavy atom. The van der Waals surface area contributed by atoms with E-state index in [0.717, 1.165) is 18.2 Å². The molecule has 0 unspecified atom stereocenters. The van der Waals surface area contributed by atoms with Gasteiger partial charge in [-0.2, -0.15) is 27.0 Å². The number of fused-ring (bicyclic) bond motifs is 2. The number of hydrogen-bond acceptors (Lipinski definition) is 12. The molecule has 0 radical (unpaired) electrons. The van der Waals surface area contributed by atoms with Crippen molar-refractivity contribution < 1.29 is 110 Å². The summed E-state index contributed by atoms with van der Waals surface area (Å²) in [6.07, 6.45) is 0. The first-order valence-corrected chi connectivity index (χ1v) is 14.9. The van der Waals surface area contributed by atoms with E-state index in [1.165, 1.54) is 30.3 Å². The molecule has 13 nitrogen and oxygen atoms in total. The fourth-order valence-electron chi connectivity index (χ4n) is 3.79. The van der Waals surface area contributed by atoms with Crippen LogP contribution in [-0.2, 0) is 38.8 Å². The van der Waals surface area contributed by atoms with Crippen LogP contribution in [0, 0.1) is 0 Å². The van der Waals surface area contributed by atoms with Crippen LogP contribution in [0.2, 0.25) is 0 Å². The SMILES string of the molecule is NOS(=O)(=O)c1cc(Nc2cccc(S(=O)(=O)CCOS(=O)(=O)O)c2)c2c(c1)C(=O)c1ccccc1C2=O.[H-].[H-].[Na+].[Na+]. The van der Waals surface area contributed by atoms with E-state index in [9.17, 15) is 34.8 Å². The van der Waals surface area contributed by atoms with E-state index in [2.05, 4.69) is 13.8 Å².